The van der Waals surface area contributed by atoms with E-state index >= 15 is 0 Å². The molecule has 104 valence electrons. The van der Waals surface area contributed by atoms with Gasteiger partial charge < -0.3 is 9.30 Å². The molecule has 0 amide bonds. The van der Waals surface area contributed by atoms with Crippen molar-refractivity contribution in [1.29, 1.82) is 0 Å². The summed E-state index contributed by atoms with van der Waals surface area (Å²) in [6, 6.07) is 6.61. The van der Waals surface area contributed by atoms with Crippen molar-refractivity contribution in [2.24, 2.45) is 0 Å². The predicted molar refractivity (Wildman–Crippen MR) is 74.4 cm³/mol. The lowest BCUT2D eigenvalue weighted by Crippen LogP contribution is -2.12. The van der Waals surface area contributed by atoms with Gasteiger partial charge >= 0.3 is 5.97 Å². The summed E-state index contributed by atoms with van der Waals surface area (Å²) in [7, 11) is 0. The van der Waals surface area contributed by atoms with Crippen molar-refractivity contribution in [3.63, 3.8) is 0 Å². The minimum atomic E-state index is -0.493. The average Bonchev–Trinajstić information content (AvgIpc) is 2.82. The molecule has 0 atom stereocenters. The van der Waals surface area contributed by atoms with E-state index in [1.165, 1.54) is 6.07 Å². The Labute approximate surface area is 115 Å². The first kappa shape index (κ1) is 13.8. The number of nitrogens with zero attached hydrogens (tertiary/aromatic N) is 2. The third-order valence-electron chi connectivity index (χ3n) is 2.89. The number of carbonyl (C=O) groups excluding carboxylic acids is 1. The van der Waals surface area contributed by atoms with Crippen LogP contribution in [0.3, 0.4) is 0 Å². The van der Waals surface area contributed by atoms with Gasteiger partial charge in [-0.05, 0) is 13.0 Å². The van der Waals surface area contributed by atoms with Crippen molar-refractivity contribution in [1.82, 2.24) is 4.57 Å². The van der Waals surface area contributed by atoms with Gasteiger partial charge in [0, 0.05) is 23.2 Å². The zero-order valence-corrected chi connectivity index (χ0v) is 11.0. The zero-order valence-electron chi connectivity index (χ0n) is 11.0. The second kappa shape index (κ2) is 5.56. The molecule has 0 saturated heterocycles. The molecule has 20 heavy (non-hydrogen) atoms. The van der Waals surface area contributed by atoms with E-state index in [2.05, 4.69) is 6.58 Å². The number of fused-ring (bicyclic) bond motifs is 1. The van der Waals surface area contributed by atoms with E-state index in [4.69, 9.17) is 4.74 Å². The highest BCUT2D eigenvalue weighted by Crippen LogP contribution is 2.26. The number of para-hydroxylation sites is 1. The molecule has 0 N–H and O–H groups in total. The van der Waals surface area contributed by atoms with E-state index in [0.717, 1.165) is 5.39 Å². The number of esters is 1. The number of aromatic nitrogens is 1. The summed E-state index contributed by atoms with van der Waals surface area (Å²) < 4.78 is 6.49. The number of carbonyl (C=O) groups is 1. The topological polar surface area (TPSA) is 74.4 Å². The summed E-state index contributed by atoms with van der Waals surface area (Å²) in [5.74, 6) is -0.493. The summed E-state index contributed by atoms with van der Waals surface area (Å²) >= 11 is 0. The Morgan fingerprint density at radius 3 is 2.85 bits per heavy atom. The van der Waals surface area contributed by atoms with E-state index in [1.54, 1.807) is 35.9 Å². The number of ether oxygens (including phenoxy) is 1. The van der Waals surface area contributed by atoms with Crippen molar-refractivity contribution in [2.75, 3.05) is 6.61 Å². The minimum Gasteiger partial charge on any atom is -0.463 e. The molecular weight excluding hydrogens is 260 g/mol. The van der Waals surface area contributed by atoms with Gasteiger partial charge in [-0.1, -0.05) is 18.7 Å². The second-order valence-corrected chi connectivity index (χ2v) is 4.24. The zero-order chi connectivity index (χ0) is 14.7. The first-order chi connectivity index (χ1) is 9.54. The van der Waals surface area contributed by atoms with Crippen molar-refractivity contribution >= 4 is 22.6 Å². The molecule has 2 rings (SSSR count). The standard InChI is InChI=1S/C14H14N2O4/c1-3-20-14(17)10(2)9-15-8-7-11-5-4-6-12(13(11)15)16(18)19/h4-8H,2-3,9H2,1H3. The molecule has 1 heterocycles. The highest BCUT2D eigenvalue weighted by molar-refractivity contribution is 5.90. The second-order valence-electron chi connectivity index (χ2n) is 4.24. The number of nitro groups is 1. The van der Waals surface area contributed by atoms with Gasteiger partial charge in [0.2, 0.25) is 0 Å². The fourth-order valence-corrected chi connectivity index (χ4v) is 2.02. The van der Waals surface area contributed by atoms with Crippen LogP contribution < -0.4 is 0 Å². The van der Waals surface area contributed by atoms with Crippen LogP contribution in [0.5, 0.6) is 0 Å². The lowest BCUT2D eigenvalue weighted by atomic mass is 10.2. The Balaban J connectivity index is 2.38. The van der Waals surface area contributed by atoms with Crippen molar-refractivity contribution in [2.45, 2.75) is 13.5 Å². The summed E-state index contributed by atoms with van der Waals surface area (Å²) in [6.45, 7) is 5.80. The normalized spacial score (nSPS) is 10.4. The number of nitro benzene ring substituents is 1. The minimum absolute atomic E-state index is 0.00385. The van der Waals surface area contributed by atoms with Gasteiger partial charge in [0.25, 0.3) is 5.69 Å². The van der Waals surface area contributed by atoms with Crippen LogP contribution in [-0.4, -0.2) is 22.1 Å². The lowest BCUT2D eigenvalue weighted by molar-refractivity contribution is -0.383. The van der Waals surface area contributed by atoms with E-state index in [-0.39, 0.29) is 24.4 Å². The molecule has 0 bridgehead atoms. The summed E-state index contributed by atoms with van der Waals surface area (Å²) in [4.78, 5) is 22.2. The Bertz CT molecular complexity index is 688. The molecule has 0 fully saturated rings. The molecule has 0 unspecified atom stereocenters. The molecule has 1 aromatic carbocycles. The van der Waals surface area contributed by atoms with Gasteiger partial charge in [-0.25, -0.2) is 4.79 Å². The number of non-ortho nitro benzene ring substituents is 1. The quantitative estimate of drug-likeness (QED) is 0.363. The average molecular weight is 274 g/mol. The molecule has 6 heteroatoms. The predicted octanol–water partition coefficient (Wildman–Crippen LogP) is 2.67. The SMILES string of the molecule is C=C(Cn1ccc2cccc([N+](=O)[O-])c21)C(=O)OCC. The van der Waals surface area contributed by atoms with Crippen molar-refractivity contribution < 1.29 is 14.5 Å². The van der Waals surface area contributed by atoms with Gasteiger partial charge in [0.15, 0.2) is 0 Å². The molecule has 2 aromatic rings. The van der Waals surface area contributed by atoms with Crippen LogP contribution in [-0.2, 0) is 16.1 Å². The van der Waals surface area contributed by atoms with Crippen LogP contribution >= 0.6 is 0 Å². The maximum absolute atomic E-state index is 11.6. The van der Waals surface area contributed by atoms with Crippen LogP contribution in [0.2, 0.25) is 0 Å². The highest BCUT2D eigenvalue weighted by Gasteiger charge is 2.17. The third kappa shape index (κ3) is 2.54. The van der Waals surface area contributed by atoms with E-state index in [0.29, 0.717) is 5.52 Å². The fraction of sp³-hybridized carbons (Fsp3) is 0.214. The summed E-state index contributed by atoms with van der Waals surface area (Å²) in [5.41, 5.74) is 0.731. The van der Waals surface area contributed by atoms with E-state index in [9.17, 15) is 14.9 Å². The molecular formula is C14H14N2O4. The molecule has 0 aliphatic heterocycles. The summed E-state index contributed by atoms with van der Waals surface area (Å²) in [5, 5.41) is 11.8. The Morgan fingerprint density at radius 1 is 1.45 bits per heavy atom. The number of hydrogen-bond donors (Lipinski definition) is 0. The van der Waals surface area contributed by atoms with Gasteiger partial charge in [-0.2, -0.15) is 0 Å². The molecule has 6 nitrogen and oxygen atoms in total. The number of rotatable bonds is 5. The third-order valence-corrected chi connectivity index (χ3v) is 2.89. The van der Waals surface area contributed by atoms with Crippen molar-refractivity contribution in [3.8, 4) is 0 Å². The van der Waals surface area contributed by atoms with Crippen LogP contribution in [0.15, 0.2) is 42.6 Å². The first-order valence-electron chi connectivity index (χ1n) is 6.11. The smallest absolute Gasteiger partial charge is 0.335 e. The number of benzene rings is 1. The van der Waals surface area contributed by atoms with Crippen LogP contribution in [0.1, 0.15) is 6.92 Å². The molecule has 0 radical (unpaired) electrons. The highest BCUT2D eigenvalue weighted by atomic mass is 16.6. The Morgan fingerprint density at radius 2 is 2.20 bits per heavy atom. The molecule has 0 aliphatic carbocycles. The van der Waals surface area contributed by atoms with Crippen LogP contribution in [0, 0.1) is 10.1 Å². The van der Waals surface area contributed by atoms with Gasteiger partial charge in [0.1, 0.15) is 5.52 Å². The van der Waals surface area contributed by atoms with E-state index < -0.39 is 10.9 Å². The molecule has 0 aliphatic rings. The van der Waals surface area contributed by atoms with Gasteiger partial charge in [-0.15, -0.1) is 0 Å². The Kier molecular flexibility index (Phi) is 3.84. The summed E-state index contributed by atoms with van der Waals surface area (Å²) in [6.07, 6.45) is 1.70. The lowest BCUT2D eigenvalue weighted by Gasteiger charge is -2.08. The monoisotopic (exact) mass is 274 g/mol. The molecule has 1 aromatic heterocycles. The van der Waals surface area contributed by atoms with Crippen LogP contribution in [0.25, 0.3) is 10.9 Å². The number of hydrogen-bond acceptors (Lipinski definition) is 4. The largest absolute Gasteiger partial charge is 0.463 e. The molecule has 0 saturated carbocycles. The van der Waals surface area contributed by atoms with Gasteiger partial charge in [0.05, 0.1) is 18.1 Å². The maximum Gasteiger partial charge on any atom is 0.335 e. The van der Waals surface area contributed by atoms with Crippen molar-refractivity contribution in [3.05, 3.63) is 52.7 Å². The van der Waals surface area contributed by atoms with Gasteiger partial charge in [-0.3, -0.25) is 10.1 Å². The molecule has 0 spiro atoms. The maximum atomic E-state index is 11.6. The van der Waals surface area contributed by atoms with E-state index in [1.807, 2.05) is 0 Å². The first-order valence-corrected chi connectivity index (χ1v) is 6.11. The van der Waals surface area contributed by atoms with Crippen LogP contribution in [0.4, 0.5) is 5.69 Å². The Hall–Kier alpha value is -2.63. The fourth-order valence-electron chi connectivity index (χ4n) is 2.02.